The third kappa shape index (κ3) is 3.04. The molecule has 0 saturated carbocycles. The summed E-state index contributed by atoms with van der Waals surface area (Å²) in [4.78, 5) is 25.8. The molecule has 1 heterocycles. The van der Waals surface area contributed by atoms with Crippen LogP contribution in [0.2, 0.25) is 0 Å². The van der Waals surface area contributed by atoms with Gasteiger partial charge in [-0.15, -0.1) is 12.3 Å². The number of amides is 2. The first-order chi connectivity index (χ1) is 8.54. The molecule has 100 valence electrons. The fourth-order valence-corrected chi connectivity index (χ4v) is 2.23. The highest BCUT2D eigenvalue weighted by atomic mass is 16.2. The van der Waals surface area contributed by atoms with Crippen molar-refractivity contribution in [3.63, 3.8) is 0 Å². The topological polar surface area (TPSA) is 49.4 Å². The summed E-state index contributed by atoms with van der Waals surface area (Å²) in [6.45, 7) is 6.11. The lowest BCUT2D eigenvalue weighted by Gasteiger charge is -2.39. The van der Waals surface area contributed by atoms with E-state index in [2.05, 4.69) is 11.2 Å². The van der Waals surface area contributed by atoms with Crippen molar-refractivity contribution in [2.45, 2.75) is 52.1 Å². The van der Waals surface area contributed by atoms with Gasteiger partial charge in [0.15, 0.2) is 0 Å². The van der Waals surface area contributed by atoms with Gasteiger partial charge in [0, 0.05) is 12.5 Å². The smallest absolute Gasteiger partial charge is 0.246 e. The van der Waals surface area contributed by atoms with E-state index in [1.807, 2.05) is 20.8 Å². The molecule has 3 atom stereocenters. The number of piperazine rings is 1. The summed E-state index contributed by atoms with van der Waals surface area (Å²) in [7, 11) is 0. The normalized spacial score (nSPS) is 23.2. The van der Waals surface area contributed by atoms with Crippen LogP contribution in [0.1, 0.15) is 40.0 Å². The fraction of sp³-hybridized carbons (Fsp3) is 0.714. The van der Waals surface area contributed by atoms with Crippen LogP contribution in [0.5, 0.6) is 0 Å². The molecule has 4 nitrogen and oxygen atoms in total. The Hall–Kier alpha value is -1.50. The Balaban J connectivity index is 2.88. The lowest BCUT2D eigenvalue weighted by Crippen LogP contribution is -2.62. The molecule has 0 spiro atoms. The van der Waals surface area contributed by atoms with Crippen molar-refractivity contribution >= 4 is 11.8 Å². The minimum absolute atomic E-state index is 0.00560. The highest BCUT2D eigenvalue weighted by Crippen LogP contribution is 2.18. The summed E-state index contributed by atoms with van der Waals surface area (Å²) >= 11 is 0. The first-order valence-electron chi connectivity index (χ1n) is 6.58. The van der Waals surface area contributed by atoms with Gasteiger partial charge in [-0.05, 0) is 12.3 Å². The van der Waals surface area contributed by atoms with E-state index in [4.69, 9.17) is 6.42 Å². The van der Waals surface area contributed by atoms with E-state index in [1.165, 1.54) is 0 Å². The number of nitrogens with zero attached hydrogens (tertiary/aromatic N) is 1. The molecule has 1 aliphatic rings. The van der Waals surface area contributed by atoms with Crippen molar-refractivity contribution in [2.24, 2.45) is 5.92 Å². The van der Waals surface area contributed by atoms with Gasteiger partial charge in [0.1, 0.15) is 6.04 Å². The Morgan fingerprint density at radius 3 is 2.61 bits per heavy atom. The summed E-state index contributed by atoms with van der Waals surface area (Å²) in [5, 5.41) is 2.79. The van der Waals surface area contributed by atoms with Crippen LogP contribution in [0.4, 0.5) is 0 Å². The maximum Gasteiger partial charge on any atom is 0.246 e. The van der Waals surface area contributed by atoms with E-state index >= 15 is 0 Å². The number of rotatable bonds is 5. The molecular formula is C14H22N2O2. The minimum Gasteiger partial charge on any atom is -0.342 e. The molecule has 1 saturated heterocycles. The van der Waals surface area contributed by atoms with Crippen molar-refractivity contribution in [2.75, 3.05) is 6.54 Å². The highest BCUT2D eigenvalue weighted by molar-refractivity contribution is 5.95. The maximum atomic E-state index is 12.4. The SMILES string of the molecule is C#CCC(CC)N1CC(=O)NC(C(C)CC)C1=O. The quantitative estimate of drug-likeness (QED) is 0.744. The molecule has 1 fully saturated rings. The Labute approximate surface area is 109 Å². The fourth-order valence-electron chi connectivity index (χ4n) is 2.23. The Kier molecular flexibility index (Phi) is 5.21. The summed E-state index contributed by atoms with van der Waals surface area (Å²) in [6, 6.07) is -0.428. The van der Waals surface area contributed by atoms with E-state index < -0.39 is 6.04 Å². The van der Waals surface area contributed by atoms with Gasteiger partial charge in [0.05, 0.1) is 6.54 Å². The summed E-state index contributed by atoms with van der Waals surface area (Å²) in [5.74, 6) is 2.65. The number of hydrogen-bond acceptors (Lipinski definition) is 2. The molecule has 4 heteroatoms. The maximum absolute atomic E-state index is 12.4. The zero-order valence-electron chi connectivity index (χ0n) is 11.4. The molecule has 3 unspecified atom stereocenters. The average molecular weight is 250 g/mol. The van der Waals surface area contributed by atoms with E-state index in [1.54, 1.807) is 4.90 Å². The number of carbonyl (C=O) groups is 2. The Morgan fingerprint density at radius 2 is 2.11 bits per heavy atom. The molecule has 0 aromatic carbocycles. The summed E-state index contributed by atoms with van der Waals surface area (Å²) in [6.07, 6.45) is 7.46. The molecule has 1 N–H and O–H groups in total. The Morgan fingerprint density at radius 1 is 1.44 bits per heavy atom. The molecule has 0 aromatic rings. The number of nitrogens with one attached hydrogen (secondary N) is 1. The van der Waals surface area contributed by atoms with Crippen molar-refractivity contribution in [1.29, 1.82) is 0 Å². The van der Waals surface area contributed by atoms with Gasteiger partial charge in [-0.2, -0.15) is 0 Å². The predicted octanol–water partition coefficient (Wildman–Crippen LogP) is 1.16. The second kappa shape index (κ2) is 6.44. The molecule has 0 aromatic heterocycles. The monoisotopic (exact) mass is 250 g/mol. The van der Waals surface area contributed by atoms with Crippen molar-refractivity contribution in [3.8, 4) is 12.3 Å². The number of terminal acetylenes is 1. The van der Waals surface area contributed by atoms with Crippen LogP contribution in [0.15, 0.2) is 0 Å². The van der Waals surface area contributed by atoms with Crippen molar-refractivity contribution in [3.05, 3.63) is 0 Å². The first-order valence-corrected chi connectivity index (χ1v) is 6.58. The van der Waals surface area contributed by atoms with Gasteiger partial charge in [0.2, 0.25) is 11.8 Å². The molecule has 1 rings (SSSR count). The predicted molar refractivity (Wildman–Crippen MR) is 70.6 cm³/mol. The van der Waals surface area contributed by atoms with Crippen LogP contribution in [0.3, 0.4) is 0 Å². The van der Waals surface area contributed by atoms with Gasteiger partial charge >= 0.3 is 0 Å². The lowest BCUT2D eigenvalue weighted by atomic mass is 9.94. The van der Waals surface area contributed by atoms with Gasteiger partial charge in [-0.1, -0.05) is 27.2 Å². The molecular weight excluding hydrogens is 228 g/mol. The largest absolute Gasteiger partial charge is 0.342 e. The number of hydrogen-bond donors (Lipinski definition) is 1. The average Bonchev–Trinajstić information content (AvgIpc) is 2.37. The number of carbonyl (C=O) groups excluding carboxylic acids is 2. The van der Waals surface area contributed by atoms with Gasteiger partial charge in [0.25, 0.3) is 0 Å². The van der Waals surface area contributed by atoms with Crippen LogP contribution >= 0.6 is 0 Å². The van der Waals surface area contributed by atoms with Crippen LogP contribution < -0.4 is 5.32 Å². The van der Waals surface area contributed by atoms with E-state index in [0.717, 1.165) is 12.8 Å². The third-order valence-corrected chi connectivity index (χ3v) is 3.66. The first kappa shape index (κ1) is 14.6. The van der Waals surface area contributed by atoms with Crippen LogP contribution in [0, 0.1) is 18.3 Å². The van der Waals surface area contributed by atoms with Crippen LogP contribution in [-0.2, 0) is 9.59 Å². The van der Waals surface area contributed by atoms with E-state index in [0.29, 0.717) is 6.42 Å². The van der Waals surface area contributed by atoms with Gasteiger partial charge in [-0.3, -0.25) is 9.59 Å². The lowest BCUT2D eigenvalue weighted by molar-refractivity contribution is -0.148. The molecule has 2 amide bonds. The van der Waals surface area contributed by atoms with E-state index in [9.17, 15) is 9.59 Å². The molecule has 0 radical (unpaired) electrons. The third-order valence-electron chi connectivity index (χ3n) is 3.66. The zero-order valence-corrected chi connectivity index (χ0v) is 11.4. The molecule has 18 heavy (non-hydrogen) atoms. The van der Waals surface area contributed by atoms with Crippen LogP contribution in [-0.4, -0.2) is 35.3 Å². The summed E-state index contributed by atoms with van der Waals surface area (Å²) in [5.41, 5.74) is 0. The summed E-state index contributed by atoms with van der Waals surface area (Å²) < 4.78 is 0. The second-order valence-electron chi connectivity index (χ2n) is 4.87. The van der Waals surface area contributed by atoms with Crippen molar-refractivity contribution in [1.82, 2.24) is 10.2 Å². The van der Waals surface area contributed by atoms with E-state index in [-0.39, 0.29) is 30.3 Å². The van der Waals surface area contributed by atoms with Crippen LogP contribution in [0.25, 0.3) is 0 Å². The molecule has 0 bridgehead atoms. The second-order valence-corrected chi connectivity index (χ2v) is 4.87. The van der Waals surface area contributed by atoms with Gasteiger partial charge < -0.3 is 10.2 Å². The highest BCUT2D eigenvalue weighted by Gasteiger charge is 2.37. The minimum atomic E-state index is -0.400. The standard InChI is InChI=1S/C14H22N2O2/c1-5-8-11(7-3)16-9-12(17)15-13(14(16)18)10(4)6-2/h1,10-11,13H,6-9H2,2-4H3,(H,15,17). The zero-order chi connectivity index (χ0) is 13.7. The van der Waals surface area contributed by atoms with Gasteiger partial charge in [-0.25, -0.2) is 0 Å². The Bertz CT molecular complexity index is 359. The van der Waals surface area contributed by atoms with Crippen molar-refractivity contribution < 1.29 is 9.59 Å². The molecule has 0 aliphatic carbocycles. The molecule has 1 aliphatic heterocycles.